The van der Waals surface area contributed by atoms with E-state index in [1.807, 2.05) is 60.7 Å². The third-order valence-electron chi connectivity index (χ3n) is 1.11. The van der Waals surface area contributed by atoms with E-state index in [0.717, 1.165) is 0 Å². The molecule has 0 heterocycles. The smallest absolute Gasteiger partial charge is 0.397 e. The normalized spacial score (nSPS) is 7.00. The second-order valence-corrected chi connectivity index (χ2v) is 2.24. The predicted octanol–water partition coefficient (Wildman–Crippen LogP) is 2.81. The Morgan fingerprint density at radius 2 is 1.07 bits per heavy atom. The Morgan fingerprint density at radius 1 is 0.857 bits per heavy atom. The van der Waals surface area contributed by atoms with Crippen LogP contribution in [0.15, 0.2) is 60.7 Å². The van der Waals surface area contributed by atoms with Gasteiger partial charge in [-0.2, -0.15) is 36.4 Å². The van der Waals surface area contributed by atoms with E-state index >= 15 is 0 Å². The van der Waals surface area contributed by atoms with E-state index in [1.165, 1.54) is 0 Å². The minimum atomic E-state index is 0. The quantitative estimate of drug-likeness (QED) is 0.707. The molecular formula is C12H16OPt. The first-order valence-electron chi connectivity index (χ1n) is 4.36. The van der Waals surface area contributed by atoms with E-state index < -0.39 is 0 Å². The van der Waals surface area contributed by atoms with Gasteiger partial charge in [-0.15, -0.1) is 0 Å². The monoisotopic (exact) mass is 371 g/mol. The summed E-state index contributed by atoms with van der Waals surface area (Å²) in [6, 6.07) is 20.0. The van der Waals surface area contributed by atoms with Crippen molar-refractivity contribution in [1.82, 2.24) is 0 Å². The molecule has 0 aliphatic carbocycles. The zero-order valence-corrected chi connectivity index (χ0v) is 10.5. The van der Waals surface area contributed by atoms with Gasteiger partial charge in [0.05, 0.1) is 0 Å². The summed E-state index contributed by atoms with van der Waals surface area (Å²) in [6.07, 6.45) is 0. The average molecular weight is 371 g/mol. The Balaban J connectivity index is 0. The van der Waals surface area contributed by atoms with Gasteiger partial charge in [0.2, 0.25) is 0 Å². The van der Waals surface area contributed by atoms with Crippen molar-refractivity contribution in [2.24, 2.45) is 0 Å². The van der Waals surface area contributed by atoms with Crippen molar-refractivity contribution in [3.05, 3.63) is 60.7 Å². The molecule has 0 saturated heterocycles. The molecular weight excluding hydrogens is 355 g/mol. The van der Waals surface area contributed by atoms with E-state index in [-0.39, 0.29) is 27.7 Å². The van der Waals surface area contributed by atoms with E-state index in [1.54, 1.807) is 6.92 Å². The largest absolute Gasteiger partial charge is 2.00 e. The number of hydrogen-bond donors (Lipinski definition) is 1. The maximum Gasteiger partial charge on any atom is 2.00 e. The number of rotatable bonds is 0. The van der Waals surface area contributed by atoms with Crippen LogP contribution in [0.4, 0.5) is 0 Å². The van der Waals surface area contributed by atoms with E-state index in [2.05, 4.69) is 0 Å². The SMILES string of the molecule is CCO.[Pt+2].c1cc[cH-]c1.c1cc[cH-]c1. The van der Waals surface area contributed by atoms with Crippen LogP contribution in [0.1, 0.15) is 6.92 Å². The number of aliphatic hydroxyl groups excluding tert-OH is 1. The first kappa shape index (κ1) is 15.8. The van der Waals surface area contributed by atoms with Crippen LogP contribution in [0.2, 0.25) is 0 Å². The van der Waals surface area contributed by atoms with Crippen LogP contribution < -0.4 is 0 Å². The molecule has 0 aliphatic rings. The van der Waals surface area contributed by atoms with Gasteiger partial charge in [-0.25, -0.2) is 24.3 Å². The van der Waals surface area contributed by atoms with Gasteiger partial charge in [0.15, 0.2) is 0 Å². The standard InChI is InChI=1S/2C5H5.C2H6O.Pt/c2*1-2-4-5-3-1;1-2-3;/h2*1-5H;3H,2H2,1H3;/q2*-1;;+2. The summed E-state index contributed by atoms with van der Waals surface area (Å²) in [4.78, 5) is 0. The Morgan fingerprint density at radius 3 is 1.14 bits per heavy atom. The van der Waals surface area contributed by atoms with Crippen LogP contribution in [-0.2, 0) is 21.1 Å². The third kappa shape index (κ3) is 13.9. The third-order valence-corrected chi connectivity index (χ3v) is 1.11. The average Bonchev–Trinajstić information content (AvgIpc) is 2.85. The van der Waals surface area contributed by atoms with Gasteiger partial charge >= 0.3 is 21.1 Å². The molecule has 0 saturated carbocycles. The number of aliphatic hydroxyl groups is 1. The van der Waals surface area contributed by atoms with E-state index in [9.17, 15) is 0 Å². The van der Waals surface area contributed by atoms with Crippen molar-refractivity contribution in [2.45, 2.75) is 6.92 Å². The van der Waals surface area contributed by atoms with Gasteiger partial charge in [-0.3, -0.25) is 0 Å². The molecule has 0 aromatic heterocycles. The molecule has 0 atom stereocenters. The second-order valence-electron chi connectivity index (χ2n) is 2.24. The second kappa shape index (κ2) is 14.9. The summed E-state index contributed by atoms with van der Waals surface area (Å²) in [5.74, 6) is 0. The van der Waals surface area contributed by atoms with Crippen molar-refractivity contribution in [3.8, 4) is 0 Å². The molecule has 0 unspecified atom stereocenters. The topological polar surface area (TPSA) is 20.2 Å². The fraction of sp³-hybridized carbons (Fsp3) is 0.167. The van der Waals surface area contributed by atoms with Crippen molar-refractivity contribution in [3.63, 3.8) is 0 Å². The molecule has 1 nitrogen and oxygen atoms in total. The first-order valence-corrected chi connectivity index (χ1v) is 4.36. The molecule has 80 valence electrons. The summed E-state index contributed by atoms with van der Waals surface area (Å²) in [5, 5.41) is 7.57. The molecule has 2 heteroatoms. The summed E-state index contributed by atoms with van der Waals surface area (Å²) >= 11 is 0. The van der Waals surface area contributed by atoms with Crippen molar-refractivity contribution >= 4 is 0 Å². The minimum Gasteiger partial charge on any atom is -0.397 e. The van der Waals surface area contributed by atoms with E-state index in [0.29, 0.717) is 0 Å². The summed E-state index contributed by atoms with van der Waals surface area (Å²) in [7, 11) is 0. The van der Waals surface area contributed by atoms with Gasteiger partial charge in [-0.1, -0.05) is 0 Å². The van der Waals surface area contributed by atoms with Gasteiger partial charge in [0.1, 0.15) is 0 Å². The first-order chi connectivity index (χ1) is 6.41. The Hall–Kier alpha value is -0.652. The molecule has 0 amide bonds. The van der Waals surface area contributed by atoms with Crippen molar-refractivity contribution < 1.29 is 26.2 Å². The molecule has 1 N–H and O–H groups in total. The van der Waals surface area contributed by atoms with Gasteiger partial charge in [-0.05, 0) is 6.92 Å². The Labute approximate surface area is 100 Å². The molecule has 0 bridgehead atoms. The van der Waals surface area contributed by atoms with Crippen LogP contribution in [-0.4, -0.2) is 11.7 Å². The minimum absolute atomic E-state index is 0. The van der Waals surface area contributed by atoms with Crippen molar-refractivity contribution in [1.29, 1.82) is 0 Å². The van der Waals surface area contributed by atoms with Gasteiger partial charge in [0.25, 0.3) is 0 Å². The van der Waals surface area contributed by atoms with Crippen molar-refractivity contribution in [2.75, 3.05) is 6.61 Å². The van der Waals surface area contributed by atoms with Gasteiger partial charge in [0, 0.05) is 6.61 Å². The van der Waals surface area contributed by atoms with Crippen LogP contribution in [0.25, 0.3) is 0 Å². The zero-order valence-electron chi connectivity index (χ0n) is 8.24. The van der Waals surface area contributed by atoms with Crippen LogP contribution >= 0.6 is 0 Å². The number of hydrogen-bond acceptors (Lipinski definition) is 1. The molecule has 2 aromatic rings. The zero-order chi connectivity index (χ0) is 9.78. The molecule has 2 rings (SSSR count). The maximum atomic E-state index is 7.57. The summed E-state index contributed by atoms with van der Waals surface area (Å²) in [5.41, 5.74) is 0. The molecule has 14 heavy (non-hydrogen) atoms. The Bertz CT molecular complexity index is 162. The van der Waals surface area contributed by atoms with Gasteiger partial charge < -0.3 is 5.11 Å². The van der Waals surface area contributed by atoms with Crippen LogP contribution in [0.3, 0.4) is 0 Å². The summed E-state index contributed by atoms with van der Waals surface area (Å²) < 4.78 is 0. The molecule has 0 spiro atoms. The molecule has 0 aliphatic heterocycles. The Kier molecular flexibility index (Phi) is 16.8. The fourth-order valence-electron chi connectivity index (χ4n) is 0.642. The van der Waals surface area contributed by atoms with E-state index in [4.69, 9.17) is 5.11 Å². The fourth-order valence-corrected chi connectivity index (χ4v) is 0.642. The molecule has 0 fully saturated rings. The predicted molar refractivity (Wildman–Crippen MR) is 56.8 cm³/mol. The van der Waals surface area contributed by atoms with Crippen LogP contribution in [0, 0.1) is 0 Å². The van der Waals surface area contributed by atoms with Crippen LogP contribution in [0.5, 0.6) is 0 Å². The molecule has 2 aromatic carbocycles. The molecule has 0 radical (unpaired) electrons. The summed E-state index contributed by atoms with van der Waals surface area (Å²) in [6.45, 7) is 1.93. The maximum absolute atomic E-state index is 7.57.